The maximum absolute atomic E-state index is 10.7. The van der Waals surface area contributed by atoms with Crippen molar-refractivity contribution in [2.24, 2.45) is 0 Å². The quantitative estimate of drug-likeness (QED) is 0.383. The summed E-state index contributed by atoms with van der Waals surface area (Å²) in [5.74, 6) is 0.0945. The van der Waals surface area contributed by atoms with Gasteiger partial charge in [0, 0.05) is 11.0 Å². The predicted octanol–water partition coefficient (Wildman–Crippen LogP) is 5.31. The Balaban J connectivity index is 1.65. The van der Waals surface area contributed by atoms with Crippen molar-refractivity contribution in [1.29, 1.82) is 0 Å². The minimum atomic E-state index is -0.834. The standard InChI is InChI=1S/C30H35NO4/c1-31-18-16-30(17-19-31,26-10-6-3-7-11-26)27-22-24(14-20-34-21-15-29(32)33)12-13-28(27)35-23-25-8-4-2-5-9-25/h2-13,22H,14-21,23H2,1H3,(H,32,33). The van der Waals surface area contributed by atoms with Crippen LogP contribution in [-0.2, 0) is 28.0 Å². The summed E-state index contributed by atoms with van der Waals surface area (Å²) in [5, 5.41) is 8.83. The molecule has 5 nitrogen and oxygen atoms in total. The lowest BCUT2D eigenvalue weighted by molar-refractivity contribution is -0.138. The van der Waals surface area contributed by atoms with E-state index in [2.05, 4.69) is 72.6 Å². The van der Waals surface area contributed by atoms with Gasteiger partial charge in [-0.25, -0.2) is 0 Å². The van der Waals surface area contributed by atoms with Crippen LogP contribution in [0.15, 0.2) is 78.9 Å². The molecule has 1 aliphatic heterocycles. The Morgan fingerprint density at radius 1 is 0.914 bits per heavy atom. The number of carbonyl (C=O) groups is 1. The van der Waals surface area contributed by atoms with Crippen LogP contribution in [0.5, 0.6) is 5.75 Å². The number of rotatable bonds is 11. The van der Waals surface area contributed by atoms with Gasteiger partial charge in [0.25, 0.3) is 0 Å². The third kappa shape index (κ3) is 6.50. The number of benzene rings is 3. The molecule has 0 aliphatic carbocycles. The van der Waals surface area contributed by atoms with Gasteiger partial charge in [-0.05, 0) is 62.2 Å². The number of carboxylic acids is 1. The second-order valence-electron chi connectivity index (χ2n) is 9.36. The van der Waals surface area contributed by atoms with E-state index in [0.29, 0.717) is 13.2 Å². The number of likely N-dealkylation sites (tertiary alicyclic amines) is 1. The minimum absolute atomic E-state index is 0.0299. The van der Waals surface area contributed by atoms with Crippen molar-refractivity contribution in [1.82, 2.24) is 4.90 Å². The van der Waals surface area contributed by atoms with Gasteiger partial charge < -0.3 is 19.5 Å². The number of carboxylic acid groups (broad SMARTS) is 1. The largest absolute Gasteiger partial charge is 0.489 e. The molecule has 0 unspecified atom stereocenters. The van der Waals surface area contributed by atoms with Gasteiger partial charge >= 0.3 is 5.97 Å². The van der Waals surface area contributed by atoms with Crippen molar-refractivity contribution < 1.29 is 19.4 Å². The maximum Gasteiger partial charge on any atom is 0.305 e. The summed E-state index contributed by atoms with van der Waals surface area (Å²) in [4.78, 5) is 13.1. The topological polar surface area (TPSA) is 59.0 Å². The Morgan fingerprint density at radius 2 is 1.60 bits per heavy atom. The maximum atomic E-state index is 10.7. The average molecular weight is 474 g/mol. The van der Waals surface area contributed by atoms with E-state index >= 15 is 0 Å². The molecule has 1 aliphatic rings. The van der Waals surface area contributed by atoms with Crippen LogP contribution in [0.3, 0.4) is 0 Å². The highest BCUT2D eigenvalue weighted by Crippen LogP contribution is 2.45. The summed E-state index contributed by atoms with van der Waals surface area (Å²) in [6, 6.07) is 27.6. The summed E-state index contributed by atoms with van der Waals surface area (Å²) < 4.78 is 12.0. The first-order valence-electron chi connectivity index (χ1n) is 12.4. The van der Waals surface area contributed by atoms with Gasteiger partial charge in [-0.3, -0.25) is 4.79 Å². The lowest BCUT2D eigenvalue weighted by Crippen LogP contribution is -2.42. The summed E-state index contributed by atoms with van der Waals surface area (Å²) >= 11 is 0. The van der Waals surface area contributed by atoms with Crippen LogP contribution in [0.25, 0.3) is 0 Å². The van der Waals surface area contributed by atoms with Gasteiger partial charge in [0.05, 0.1) is 19.6 Å². The molecule has 0 radical (unpaired) electrons. The van der Waals surface area contributed by atoms with Crippen molar-refractivity contribution in [3.8, 4) is 5.75 Å². The highest BCUT2D eigenvalue weighted by molar-refractivity contribution is 5.66. The molecule has 3 aromatic rings. The van der Waals surface area contributed by atoms with Crippen molar-refractivity contribution in [2.45, 2.75) is 37.7 Å². The van der Waals surface area contributed by atoms with E-state index in [1.807, 2.05) is 18.2 Å². The number of ether oxygens (including phenoxy) is 2. The molecule has 184 valence electrons. The van der Waals surface area contributed by atoms with Crippen LogP contribution in [0.1, 0.15) is 41.5 Å². The van der Waals surface area contributed by atoms with Crippen LogP contribution in [0, 0.1) is 0 Å². The molecule has 0 atom stereocenters. The zero-order chi connectivity index (χ0) is 24.5. The molecule has 0 amide bonds. The van der Waals surface area contributed by atoms with Gasteiger partial charge in [-0.1, -0.05) is 72.8 Å². The molecule has 0 saturated carbocycles. The number of aliphatic carboxylic acids is 1. The van der Waals surface area contributed by atoms with Gasteiger partial charge in [0.15, 0.2) is 0 Å². The van der Waals surface area contributed by atoms with E-state index in [9.17, 15) is 4.79 Å². The van der Waals surface area contributed by atoms with Gasteiger partial charge in [-0.2, -0.15) is 0 Å². The van der Waals surface area contributed by atoms with Crippen molar-refractivity contribution in [3.63, 3.8) is 0 Å². The first kappa shape index (κ1) is 25.0. The van der Waals surface area contributed by atoms with Gasteiger partial charge in [-0.15, -0.1) is 0 Å². The normalized spacial score (nSPS) is 15.6. The minimum Gasteiger partial charge on any atom is -0.489 e. The van der Waals surface area contributed by atoms with Crippen molar-refractivity contribution >= 4 is 5.97 Å². The molecule has 1 saturated heterocycles. The molecule has 0 aromatic heterocycles. The van der Waals surface area contributed by atoms with E-state index in [4.69, 9.17) is 14.6 Å². The fraction of sp³-hybridized carbons (Fsp3) is 0.367. The van der Waals surface area contributed by atoms with E-state index in [0.717, 1.165) is 43.7 Å². The Labute approximate surface area is 208 Å². The van der Waals surface area contributed by atoms with E-state index in [1.54, 1.807) is 0 Å². The van der Waals surface area contributed by atoms with Gasteiger partial charge in [0.1, 0.15) is 12.4 Å². The molecule has 35 heavy (non-hydrogen) atoms. The number of hydrogen-bond acceptors (Lipinski definition) is 4. The Morgan fingerprint density at radius 3 is 2.29 bits per heavy atom. The lowest BCUT2D eigenvalue weighted by atomic mass is 9.67. The third-order valence-electron chi connectivity index (χ3n) is 6.96. The molecule has 0 spiro atoms. The molecule has 5 heteroatoms. The highest BCUT2D eigenvalue weighted by atomic mass is 16.5. The van der Waals surface area contributed by atoms with Crippen LogP contribution >= 0.6 is 0 Å². The molecular formula is C30H35NO4. The molecule has 1 N–H and O–H groups in total. The molecule has 1 heterocycles. The smallest absolute Gasteiger partial charge is 0.305 e. The monoisotopic (exact) mass is 473 g/mol. The van der Waals surface area contributed by atoms with Crippen LogP contribution in [0.4, 0.5) is 0 Å². The van der Waals surface area contributed by atoms with Gasteiger partial charge in [0.2, 0.25) is 0 Å². The first-order chi connectivity index (χ1) is 17.1. The summed E-state index contributed by atoms with van der Waals surface area (Å²) in [6.07, 6.45) is 2.81. The van der Waals surface area contributed by atoms with Crippen molar-refractivity contribution in [2.75, 3.05) is 33.4 Å². The van der Waals surface area contributed by atoms with E-state index in [-0.39, 0.29) is 18.4 Å². The van der Waals surface area contributed by atoms with E-state index < -0.39 is 5.97 Å². The number of nitrogens with zero attached hydrogens (tertiary/aromatic N) is 1. The SMILES string of the molecule is CN1CCC(c2ccccc2)(c2cc(CCOCCC(=O)O)ccc2OCc2ccccc2)CC1. The average Bonchev–Trinajstić information content (AvgIpc) is 2.89. The number of piperidine rings is 1. The fourth-order valence-corrected chi connectivity index (χ4v) is 4.89. The zero-order valence-electron chi connectivity index (χ0n) is 20.5. The Bertz CT molecular complexity index is 1080. The molecule has 4 rings (SSSR count). The predicted molar refractivity (Wildman–Crippen MR) is 138 cm³/mol. The second-order valence-corrected chi connectivity index (χ2v) is 9.36. The van der Waals surface area contributed by atoms with E-state index in [1.165, 1.54) is 16.7 Å². The fourth-order valence-electron chi connectivity index (χ4n) is 4.89. The molecular weight excluding hydrogens is 438 g/mol. The lowest BCUT2D eigenvalue weighted by Gasteiger charge is -2.42. The molecule has 1 fully saturated rings. The molecule has 0 bridgehead atoms. The van der Waals surface area contributed by atoms with Crippen LogP contribution < -0.4 is 4.74 Å². The van der Waals surface area contributed by atoms with Crippen molar-refractivity contribution in [3.05, 3.63) is 101 Å². The summed E-state index contributed by atoms with van der Waals surface area (Å²) in [6.45, 7) is 3.31. The highest BCUT2D eigenvalue weighted by Gasteiger charge is 2.39. The van der Waals surface area contributed by atoms with Crippen LogP contribution in [-0.4, -0.2) is 49.3 Å². The summed E-state index contributed by atoms with van der Waals surface area (Å²) in [7, 11) is 2.19. The number of hydrogen-bond donors (Lipinski definition) is 1. The Hall–Kier alpha value is -3.15. The third-order valence-corrected chi connectivity index (χ3v) is 6.96. The zero-order valence-corrected chi connectivity index (χ0v) is 20.5. The van der Waals surface area contributed by atoms with Crippen LogP contribution in [0.2, 0.25) is 0 Å². The molecule has 3 aromatic carbocycles. The summed E-state index contributed by atoms with van der Waals surface area (Å²) in [5.41, 5.74) is 4.76. The second kappa shape index (κ2) is 12.0. The Kier molecular flexibility index (Phi) is 8.56. The first-order valence-corrected chi connectivity index (χ1v) is 12.4.